The third-order valence-electron chi connectivity index (χ3n) is 4.82. The molecule has 2 atom stereocenters. The zero-order valence-electron chi connectivity index (χ0n) is 17.3. The maximum atomic E-state index is 13.2. The molecule has 1 aliphatic heterocycles. The van der Waals surface area contributed by atoms with E-state index in [9.17, 15) is 14.1 Å². The topological polar surface area (TPSA) is 102 Å². The fourth-order valence-electron chi connectivity index (χ4n) is 3.12. The van der Waals surface area contributed by atoms with E-state index in [0.29, 0.717) is 27.8 Å². The second kappa shape index (κ2) is 8.81. The molecule has 0 aliphatic carbocycles. The summed E-state index contributed by atoms with van der Waals surface area (Å²) in [5.41, 5.74) is 0.842. The zero-order valence-corrected chi connectivity index (χ0v) is 18.1. The van der Waals surface area contributed by atoms with E-state index in [1.807, 2.05) is 30.3 Å². The molecule has 0 saturated carbocycles. The molecule has 0 fully saturated rings. The number of hydrogen-bond acceptors (Lipinski definition) is 5. The van der Waals surface area contributed by atoms with Crippen LogP contribution in [0, 0.1) is 0 Å². The number of rotatable bonds is 6. The fraction of sp³-hybridized carbons (Fsp3) is 0.130. The van der Waals surface area contributed by atoms with Crippen molar-refractivity contribution in [3.63, 3.8) is 0 Å². The molecule has 9 heteroatoms. The summed E-state index contributed by atoms with van der Waals surface area (Å²) in [5, 5.41) is 9.03. The number of carbonyl (C=O) groups is 2. The maximum absolute atomic E-state index is 13.2. The highest BCUT2D eigenvalue weighted by Gasteiger charge is 2.41. The van der Waals surface area contributed by atoms with Gasteiger partial charge in [0, 0.05) is 19.2 Å². The molecule has 0 spiro atoms. The van der Waals surface area contributed by atoms with Gasteiger partial charge < -0.3 is 19.1 Å². The Labute approximate surface area is 187 Å². The first-order valence-corrected chi connectivity index (χ1v) is 10.8. The van der Waals surface area contributed by atoms with Gasteiger partial charge >= 0.3 is 12.0 Å². The van der Waals surface area contributed by atoms with E-state index in [1.165, 1.54) is 28.3 Å². The van der Waals surface area contributed by atoms with Crippen LogP contribution >= 0.6 is 0 Å². The van der Waals surface area contributed by atoms with Crippen LogP contribution in [0.1, 0.15) is 6.92 Å². The molecule has 2 amide bonds. The van der Waals surface area contributed by atoms with Crippen molar-refractivity contribution >= 4 is 34.7 Å². The highest BCUT2D eigenvalue weighted by Crippen LogP contribution is 2.39. The minimum Gasteiger partial charge on any atom is -0.587 e. The van der Waals surface area contributed by atoms with Gasteiger partial charge in [-0.05, 0) is 49.4 Å². The van der Waals surface area contributed by atoms with E-state index in [4.69, 9.17) is 14.6 Å². The van der Waals surface area contributed by atoms with E-state index < -0.39 is 29.5 Å². The molecule has 0 aromatic heterocycles. The van der Waals surface area contributed by atoms with Crippen molar-refractivity contribution in [1.82, 2.24) is 0 Å². The number of ether oxygens (including phenoxy) is 2. The van der Waals surface area contributed by atoms with Crippen LogP contribution in [0.2, 0.25) is 0 Å². The van der Waals surface area contributed by atoms with Crippen LogP contribution in [0.5, 0.6) is 17.2 Å². The van der Waals surface area contributed by atoms with Gasteiger partial charge in [-0.1, -0.05) is 18.2 Å². The van der Waals surface area contributed by atoms with Crippen molar-refractivity contribution in [2.75, 3.05) is 16.3 Å². The summed E-state index contributed by atoms with van der Waals surface area (Å²) in [4.78, 5) is 25.8. The predicted molar refractivity (Wildman–Crippen MR) is 120 cm³/mol. The number of amides is 2. The van der Waals surface area contributed by atoms with Gasteiger partial charge in [-0.25, -0.2) is 9.59 Å². The maximum Gasteiger partial charge on any atom is 0.371 e. The summed E-state index contributed by atoms with van der Waals surface area (Å²) in [5.74, 6) is 0.424. The molecule has 0 radical (unpaired) electrons. The van der Waals surface area contributed by atoms with Crippen molar-refractivity contribution in [1.29, 1.82) is 0 Å². The normalized spacial score (nSPS) is 16.3. The van der Waals surface area contributed by atoms with Crippen LogP contribution in [0.15, 0.2) is 77.7 Å². The molecule has 0 saturated heterocycles. The lowest BCUT2D eigenvalue weighted by atomic mass is 10.2. The standard InChI is InChI=1S/C23H20N2O6S/c1-15(22(26)27)30-19-12-13-21-20(14-19)24(2)23(28)25(32(21)29)16-8-10-18(11-9-16)31-17-6-4-3-5-7-17/h3-15H,1-2H3,(H,26,27). The van der Waals surface area contributed by atoms with Crippen LogP contribution in [0.4, 0.5) is 16.2 Å². The summed E-state index contributed by atoms with van der Waals surface area (Å²) in [6, 6.07) is 20.1. The Balaban J connectivity index is 1.58. The highest BCUT2D eigenvalue weighted by molar-refractivity contribution is 7.94. The Morgan fingerprint density at radius 2 is 1.62 bits per heavy atom. The predicted octanol–water partition coefficient (Wildman–Crippen LogP) is 4.43. The quantitative estimate of drug-likeness (QED) is 0.555. The van der Waals surface area contributed by atoms with E-state index in [1.54, 1.807) is 37.4 Å². The third-order valence-corrected chi connectivity index (χ3v) is 6.24. The van der Waals surface area contributed by atoms with E-state index >= 15 is 0 Å². The van der Waals surface area contributed by atoms with Gasteiger partial charge in [0.1, 0.15) is 34.3 Å². The average molecular weight is 452 g/mol. The first-order valence-electron chi connectivity index (χ1n) is 9.71. The van der Waals surface area contributed by atoms with Gasteiger partial charge in [0.05, 0.1) is 5.69 Å². The van der Waals surface area contributed by atoms with Crippen LogP contribution < -0.4 is 18.7 Å². The molecule has 8 nitrogen and oxygen atoms in total. The lowest BCUT2D eigenvalue weighted by Gasteiger charge is -2.34. The number of nitrogens with zero attached hydrogens (tertiary/aromatic N) is 2. The van der Waals surface area contributed by atoms with Crippen molar-refractivity contribution in [2.45, 2.75) is 17.9 Å². The Kier molecular flexibility index (Phi) is 5.93. The van der Waals surface area contributed by atoms with Gasteiger partial charge in [0.15, 0.2) is 6.10 Å². The highest BCUT2D eigenvalue weighted by atomic mass is 32.2. The number of carboxylic acid groups (broad SMARTS) is 1. The number of carbonyl (C=O) groups excluding carboxylic acids is 1. The number of anilines is 2. The average Bonchev–Trinajstić information content (AvgIpc) is 2.79. The summed E-state index contributed by atoms with van der Waals surface area (Å²) < 4.78 is 25.5. The lowest BCUT2D eigenvalue weighted by molar-refractivity contribution is -0.144. The van der Waals surface area contributed by atoms with Crippen LogP contribution in [0.25, 0.3) is 0 Å². The molecule has 1 aliphatic rings. The summed E-state index contributed by atoms with van der Waals surface area (Å²) in [7, 11) is 1.56. The number of hydrogen-bond donors (Lipinski definition) is 1. The van der Waals surface area contributed by atoms with Gasteiger partial charge in [-0.3, -0.25) is 4.90 Å². The molecule has 3 aromatic carbocycles. The van der Waals surface area contributed by atoms with Crippen molar-refractivity contribution < 1.29 is 28.7 Å². The first kappa shape index (κ1) is 21.5. The second-order valence-corrected chi connectivity index (χ2v) is 8.33. The summed E-state index contributed by atoms with van der Waals surface area (Å²) >= 11 is -1.80. The Morgan fingerprint density at radius 3 is 2.28 bits per heavy atom. The first-order chi connectivity index (χ1) is 15.3. The number of fused-ring (bicyclic) bond motifs is 1. The fourth-order valence-corrected chi connectivity index (χ4v) is 4.46. The number of urea groups is 1. The second-order valence-electron chi connectivity index (χ2n) is 7.02. The molecule has 0 bridgehead atoms. The summed E-state index contributed by atoms with van der Waals surface area (Å²) in [6.07, 6.45) is -1.06. The van der Waals surface area contributed by atoms with E-state index in [0.717, 1.165) is 0 Å². The monoisotopic (exact) mass is 452 g/mol. The molecule has 32 heavy (non-hydrogen) atoms. The van der Waals surface area contributed by atoms with E-state index in [-0.39, 0.29) is 5.75 Å². The molecule has 1 N–H and O–H groups in total. The molecule has 4 rings (SSSR count). The molecule has 3 aromatic rings. The number of carboxylic acids is 1. The van der Waals surface area contributed by atoms with Crippen LogP contribution in [-0.2, 0) is 16.2 Å². The van der Waals surface area contributed by atoms with Crippen molar-refractivity contribution in [2.24, 2.45) is 0 Å². The number of benzene rings is 3. The Hall–Kier alpha value is -3.69. The minimum absolute atomic E-state index is 0.270. The van der Waals surface area contributed by atoms with Crippen LogP contribution in [0.3, 0.4) is 0 Å². The largest absolute Gasteiger partial charge is 0.587 e. The van der Waals surface area contributed by atoms with E-state index in [2.05, 4.69) is 0 Å². The Bertz CT molecular complexity index is 1140. The molecule has 164 valence electrons. The smallest absolute Gasteiger partial charge is 0.371 e. The molecule has 2 unspecified atom stereocenters. The summed E-state index contributed by atoms with van der Waals surface area (Å²) in [6.45, 7) is 1.40. The molecular formula is C23H20N2O6S. The SMILES string of the molecule is CC(Oc1ccc2c(c1)N(C)C(=O)N(c1ccc(Oc3ccccc3)cc1)[S+]2[O-])C(=O)O. The van der Waals surface area contributed by atoms with Crippen LogP contribution in [-0.4, -0.2) is 34.8 Å². The van der Waals surface area contributed by atoms with Gasteiger partial charge in [0.2, 0.25) is 4.90 Å². The minimum atomic E-state index is -1.80. The number of para-hydroxylation sites is 1. The van der Waals surface area contributed by atoms with Gasteiger partial charge in [-0.15, -0.1) is 4.31 Å². The lowest BCUT2D eigenvalue weighted by Crippen LogP contribution is -2.49. The third kappa shape index (κ3) is 4.20. The molecule has 1 heterocycles. The zero-order chi connectivity index (χ0) is 22.8. The number of aliphatic carboxylic acids is 1. The molecular weight excluding hydrogens is 432 g/mol. The van der Waals surface area contributed by atoms with Crippen molar-refractivity contribution in [3.8, 4) is 17.2 Å². The van der Waals surface area contributed by atoms with Gasteiger partial charge in [-0.2, -0.15) is 0 Å². The van der Waals surface area contributed by atoms with Crippen molar-refractivity contribution in [3.05, 3.63) is 72.8 Å². The Morgan fingerprint density at radius 1 is 1.00 bits per heavy atom. The van der Waals surface area contributed by atoms with Gasteiger partial charge in [0.25, 0.3) is 0 Å².